The second-order valence-corrected chi connectivity index (χ2v) is 40.5. The van der Waals surface area contributed by atoms with Gasteiger partial charge in [0.15, 0.2) is 23.8 Å². The van der Waals surface area contributed by atoms with Gasteiger partial charge in [-0.1, -0.05) is 247 Å². The lowest BCUT2D eigenvalue weighted by atomic mass is 9.95. The molecule has 0 heterocycles. The lowest BCUT2D eigenvalue weighted by Gasteiger charge is -2.33. The smallest absolute Gasteiger partial charge is 0.394 e. The van der Waals surface area contributed by atoms with Crippen LogP contribution < -0.4 is 68.5 Å². The van der Waals surface area contributed by atoms with E-state index < -0.39 is 63.4 Å². The largest absolute Gasteiger partial charge is 0.471 e. The number of aliphatic hydroxyl groups excluding tert-OH is 1. The fourth-order valence-corrected chi connectivity index (χ4v) is 19.7. The van der Waals surface area contributed by atoms with Gasteiger partial charge in [0.2, 0.25) is 11.9 Å². The number of anilines is 2. The average molecular weight is 2040 g/mol. The van der Waals surface area contributed by atoms with Crippen molar-refractivity contribution in [3.63, 3.8) is 0 Å². The van der Waals surface area contributed by atoms with E-state index in [1.54, 1.807) is 92.1 Å². The minimum Gasteiger partial charge on any atom is -0.394 e. The summed E-state index contributed by atoms with van der Waals surface area (Å²) in [4.78, 5) is 63.9. The summed E-state index contributed by atoms with van der Waals surface area (Å²) in [5, 5.41) is 39.1. The molecular weight excluding hydrogens is 1880 g/mol. The summed E-state index contributed by atoms with van der Waals surface area (Å²) in [5.74, 6) is -14.5. The number of nitrogens with zero attached hydrogens (tertiary/aromatic N) is 7. The van der Waals surface area contributed by atoms with Crippen LogP contribution in [0.3, 0.4) is 0 Å². The summed E-state index contributed by atoms with van der Waals surface area (Å²) in [7, 11) is -1.52. The zero-order valence-electron chi connectivity index (χ0n) is 83.4. The Bertz CT molecular complexity index is 4280. The van der Waals surface area contributed by atoms with E-state index in [1.807, 2.05) is 30.3 Å². The van der Waals surface area contributed by atoms with E-state index in [9.17, 15) is 75.5 Å². The minimum absolute atomic E-state index is 0.0806. The first-order valence-electron chi connectivity index (χ1n) is 52.2. The van der Waals surface area contributed by atoms with Crippen LogP contribution in [0.4, 0.5) is 79.3 Å². The molecule has 0 unspecified atom stereocenters. The van der Waals surface area contributed by atoms with Crippen molar-refractivity contribution >= 4 is 80.8 Å². The molecule has 10 fully saturated rings. The number of aliphatic imine (C=N–C) groups is 6. The molecular formula is C101H160F12N20O8S. The highest BCUT2D eigenvalue weighted by molar-refractivity contribution is 7.91. The molecule has 10 aliphatic carbocycles. The van der Waals surface area contributed by atoms with Gasteiger partial charge in [0.25, 0.3) is 0 Å². The molecule has 0 atom stereocenters. The van der Waals surface area contributed by atoms with E-state index in [1.165, 1.54) is 218 Å². The van der Waals surface area contributed by atoms with Crippen LogP contribution in [-0.2, 0) is 24.3 Å². The molecule has 142 heavy (non-hydrogen) atoms. The van der Waals surface area contributed by atoms with E-state index >= 15 is 0 Å². The number of urea groups is 2. The molecule has 28 nitrogen and oxygen atoms in total. The number of hydrogen-bond acceptors (Lipinski definition) is 14. The number of methoxy groups -OCH3 is 1. The van der Waals surface area contributed by atoms with E-state index in [4.69, 9.17) is 24.6 Å². The van der Waals surface area contributed by atoms with Crippen LogP contribution in [0.15, 0.2) is 121 Å². The van der Waals surface area contributed by atoms with Gasteiger partial charge in [-0.3, -0.25) is 30.7 Å². The number of hydrogen-bond donors (Lipinski definition) is 14. The van der Waals surface area contributed by atoms with Crippen molar-refractivity contribution in [2.75, 3.05) is 71.4 Å². The summed E-state index contributed by atoms with van der Waals surface area (Å²) < 4.78 is 191. The van der Waals surface area contributed by atoms with Crippen LogP contribution in [0.25, 0.3) is 0 Å². The molecule has 13 rings (SSSR count). The predicted molar refractivity (Wildman–Crippen MR) is 539 cm³/mol. The average Bonchev–Trinajstić information content (AvgIpc) is 0.720. The quantitative estimate of drug-likeness (QED) is 0.0162. The van der Waals surface area contributed by atoms with Gasteiger partial charge < -0.3 is 67.3 Å². The second kappa shape index (κ2) is 64.0. The molecule has 0 aromatic heterocycles. The zero-order chi connectivity index (χ0) is 102. The fraction of sp³-hybridized carbons (Fsp3) is 0.733. The molecule has 5 amide bonds. The normalized spacial score (nSPS) is 19.7. The number of para-hydroxylation sites is 3. The Labute approximate surface area is 832 Å². The molecule has 41 heteroatoms. The first-order chi connectivity index (χ1) is 68.2. The Morgan fingerprint density at radius 3 is 0.993 bits per heavy atom. The topological polar surface area (TPSA) is 358 Å². The van der Waals surface area contributed by atoms with Crippen molar-refractivity contribution in [2.24, 2.45) is 30.0 Å². The van der Waals surface area contributed by atoms with Crippen molar-refractivity contribution in [1.82, 2.24) is 62.8 Å². The lowest BCUT2D eigenvalue weighted by molar-refractivity contribution is -0.382. The number of guanidine groups is 6. The molecule has 0 saturated heterocycles. The summed E-state index contributed by atoms with van der Waals surface area (Å²) in [6.45, 7) is 3.14. The molecule has 3 aromatic rings. The minimum atomic E-state index is -7.31. The number of amides is 5. The van der Waals surface area contributed by atoms with Gasteiger partial charge in [0.1, 0.15) is 0 Å². The number of nitrogens with one attached hydrogen (secondary N) is 13. The summed E-state index contributed by atoms with van der Waals surface area (Å²) >= 11 is 0. The molecule has 0 aliphatic heterocycles. The Morgan fingerprint density at radius 1 is 0.366 bits per heavy atom. The van der Waals surface area contributed by atoms with Gasteiger partial charge in [0, 0.05) is 74.9 Å². The number of aliphatic hydroxyl groups is 1. The number of rotatable bonds is 25. The highest BCUT2D eigenvalue weighted by Gasteiger charge is 2.85. The van der Waals surface area contributed by atoms with Crippen molar-refractivity contribution in [2.45, 2.75) is 411 Å². The van der Waals surface area contributed by atoms with Crippen LogP contribution in [-0.4, -0.2) is 223 Å². The van der Waals surface area contributed by atoms with Gasteiger partial charge in [-0.2, -0.15) is 61.1 Å². The maximum atomic E-state index is 14.1. The maximum Gasteiger partial charge on any atom is 0.471 e. The standard InChI is InChI=1S/C20H30N4O.C17H24F9N3O2S.C17H33N3O2.C16H30N4O.C16H31N3O.C15H12F3N3O/c25-20(23-18-14-8-3-9-15-18)24-19(21-16-10-4-1-5-11-16)22-17-12-6-2-7-13-17;18-14(19,16(22,23)24)15(20,21)17(25,26)32(30,31)29-13(27-11-7-3-1-4-8-11)28-12-9-5-2-6-10-12;21-12-14-22-13-11-18-17(19-15-7-3-1-4-8-15)20-16-9-5-2-6-10-16;1-20(2)16(21)19-15(17-13-9-5-3-6-10-13)18-14-11-7-4-8-12-14;1-20-13-12-17-16(18-14-8-4-2-5-9-14)19-15-10-6-3-7-11-15;16-15(17,18)13(22)21-14(19-11-7-3-1-4-8-11)20-12-9-5-2-6-10-12/h3,8-9,14-17H,1-2,4-7,10-13H2,(H3,21,22,23,24,25);11-12H,1-10H2,(H2,27,28,29);15-16,21H,1-14H2,(H2,18,19,20);13-14H,3-12H2,1-2H3,(H2,17,18,19,21);14-15H,2-13H2,1H3,(H2,17,18,19);1-10H,(H2,19,20,21,22). The highest BCUT2D eigenvalue weighted by atomic mass is 32.2. The molecule has 0 bridgehead atoms. The van der Waals surface area contributed by atoms with Crippen LogP contribution in [0.5, 0.6) is 0 Å². The number of ether oxygens (including phenoxy) is 2. The monoisotopic (exact) mass is 2040 g/mol. The first kappa shape index (κ1) is 118. The molecule has 10 saturated carbocycles. The van der Waals surface area contributed by atoms with Crippen molar-refractivity contribution in [1.29, 1.82) is 0 Å². The molecule has 0 spiro atoms. The Balaban J connectivity index is 0.000000210. The van der Waals surface area contributed by atoms with Gasteiger partial charge in [-0.15, -0.1) is 0 Å². The van der Waals surface area contributed by atoms with Gasteiger partial charge in [-0.05, 0) is 165 Å². The van der Waals surface area contributed by atoms with E-state index in [0.717, 1.165) is 80.2 Å². The predicted octanol–water partition coefficient (Wildman–Crippen LogP) is 20.7. The first-order valence-corrected chi connectivity index (χ1v) is 53.7. The fourth-order valence-electron chi connectivity index (χ4n) is 18.7. The van der Waals surface area contributed by atoms with Crippen LogP contribution in [0, 0.1) is 0 Å². The Kier molecular flexibility index (Phi) is 53.2. The maximum absolute atomic E-state index is 14.1. The highest BCUT2D eigenvalue weighted by Crippen LogP contribution is 2.55. The van der Waals surface area contributed by atoms with Gasteiger partial charge >= 0.3 is 57.4 Å². The number of carbonyl (C=O) groups is 3. The number of benzene rings is 3. The van der Waals surface area contributed by atoms with Crippen molar-refractivity contribution in [3.8, 4) is 0 Å². The van der Waals surface area contributed by atoms with E-state index in [2.05, 4.69) is 78.5 Å². The molecule has 0 radical (unpaired) electrons. The van der Waals surface area contributed by atoms with E-state index in [0.29, 0.717) is 149 Å². The molecule has 14 N–H and O–H groups in total. The third kappa shape index (κ3) is 44.8. The third-order valence-electron chi connectivity index (χ3n) is 26.7. The van der Waals surface area contributed by atoms with Gasteiger partial charge in [0.05, 0.1) is 63.3 Å². The SMILES string of the molecule is CN(C)C(=O)NC(=NC1CCCCC1)NC1CCCCC1.COCCN=C(NC1CCCCC1)NC1CCCCC1.O=C(NC(=NC1CCCCC1)NC1CCCCC1)Nc1ccccc1.O=C(NC(=Nc1ccccc1)Nc1ccccc1)C(F)(F)F.O=S(=O)(NC(=NC1CCCCC1)NC1CCCCC1)C(F)(F)C(F)(F)C(F)(F)C(F)(F)F.OCCOCCN=C(NC1CCCCC1)NC1CCCCC1. The number of alkyl halides is 12. The molecule has 802 valence electrons. The summed E-state index contributed by atoms with van der Waals surface area (Å²) in [6, 6.07) is 28.9. The number of halogens is 12. The Hall–Kier alpha value is -9.12. The van der Waals surface area contributed by atoms with Crippen molar-refractivity contribution < 1.29 is 90.1 Å². The van der Waals surface area contributed by atoms with Crippen LogP contribution in [0.2, 0.25) is 0 Å². The zero-order valence-corrected chi connectivity index (χ0v) is 84.2. The second-order valence-electron chi connectivity index (χ2n) is 38.7. The number of sulfonamides is 1. The lowest BCUT2D eigenvalue weighted by Crippen LogP contribution is -2.66. The summed E-state index contributed by atoms with van der Waals surface area (Å²) in [5.41, 5.74) is 1.69. The van der Waals surface area contributed by atoms with Gasteiger partial charge in [-0.25, -0.2) is 34.3 Å². The van der Waals surface area contributed by atoms with E-state index in [-0.39, 0.29) is 24.6 Å². The third-order valence-corrected chi connectivity index (χ3v) is 28.1. The Morgan fingerprint density at radius 2 is 0.669 bits per heavy atom. The summed E-state index contributed by atoms with van der Waals surface area (Å²) in [6.07, 6.45) is 45.2. The molecule has 3 aromatic carbocycles. The van der Waals surface area contributed by atoms with Crippen molar-refractivity contribution in [3.05, 3.63) is 91.0 Å². The molecule has 10 aliphatic rings. The number of carbonyl (C=O) groups excluding carboxylic acids is 3. The van der Waals surface area contributed by atoms with Crippen LogP contribution >= 0.6 is 0 Å². The van der Waals surface area contributed by atoms with Crippen LogP contribution in [0.1, 0.15) is 321 Å².